The van der Waals surface area contributed by atoms with Crippen LogP contribution in [0.5, 0.6) is 0 Å². The van der Waals surface area contributed by atoms with Crippen LogP contribution in [-0.4, -0.2) is 42.4 Å². The van der Waals surface area contributed by atoms with E-state index in [-0.39, 0.29) is 17.2 Å². The molecule has 1 fully saturated rings. The lowest BCUT2D eigenvalue weighted by Crippen LogP contribution is -2.39. The minimum Gasteiger partial charge on any atom is -0.339 e. The number of rotatable bonds is 5. The molecular formula is C15H20FN3O3. The second-order valence-electron chi connectivity index (χ2n) is 5.55. The third-order valence-electron chi connectivity index (χ3n) is 4.10. The van der Waals surface area contributed by atoms with E-state index in [2.05, 4.69) is 5.32 Å². The molecule has 0 saturated carbocycles. The molecule has 1 aromatic carbocycles. The molecule has 0 spiro atoms. The number of non-ortho nitro benzene ring substituents is 1. The van der Waals surface area contributed by atoms with Crippen molar-refractivity contribution in [2.75, 3.05) is 26.7 Å². The Hall–Kier alpha value is -2.02. The Labute approximate surface area is 128 Å². The zero-order chi connectivity index (χ0) is 16.1. The summed E-state index contributed by atoms with van der Waals surface area (Å²) in [6, 6.07) is 3.16. The van der Waals surface area contributed by atoms with Gasteiger partial charge in [0.2, 0.25) is 0 Å². The number of carbonyl (C=O) groups excluding carboxylic acids is 1. The second kappa shape index (κ2) is 7.31. The van der Waals surface area contributed by atoms with Crippen molar-refractivity contribution in [1.29, 1.82) is 0 Å². The first-order valence-electron chi connectivity index (χ1n) is 7.40. The topological polar surface area (TPSA) is 75.5 Å². The highest BCUT2D eigenvalue weighted by atomic mass is 19.1. The van der Waals surface area contributed by atoms with Gasteiger partial charge in [0.15, 0.2) is 0 Å². The molecule has 6 nitrogen and oxygen atoms in total. The lowest BCUT2D eigenvalue weighted by Gasteiger charge is -2.32. The van der Waals surface area contributed by atoms with Crippen LogP contribution >= 0.6 is 0 Å². The quantitative estimate of drug-likeness (QED) is 0.668. The maximum Gasteiger partial charge on any atom is 0.272 e. The molecule has 1 saturated heterocycles. The number of nitrogens with one attached hydrogen (secondary N) is 1. The van der Waals surface area contributed by atoms with E-state index in [0.29, 0.717) is 19.0 Å². The van der Waals surface area contributed by atoms with Gasteiger partial charge in [0.25, 0.3) is 11.6 Å². The van der Waals surface area contributed by atoms with Gasteiger partial charge in [-0.15, -0.1) is 0 Å². The molecule has 0 bridgehead atoms. The highest BCUT2D eigenvalue weighted by Gasteiger charge is 2.25. The molecule has 2 rings (SSSR count). The molecule has 1 N–H and O–H groups in total. The number of nitro groups is 1. The standard InChI is InChI=1S/C15H20FN3O3/c1-17-7-4-11-5-8-18(9-6-11)15(20)13-3-2-12(19(21)22)10-14(13)16/h2-3,10-11,17H,4-9H2,1H3. The highest BCUT2D eigenvalue weighted by molar-refractivity contribution is 5.94. The van der Waals surface area contributed by atoms with E-state index in [9.17, 15) is 19.3 Å². The van der Waals surface area contributed by atoms with Gasteiger partial charge in [-0.2, -0.15) is 0 Å². The summed E-state index contributed by atoms with van der Waals surface area (Å²) in [5.41, 5.74) is -0.445. The van der Waals surface area contributed by atoms with Gasteiger partial charge in [0, 0.05) is 19.2 Å². The lowest BCUT2D eigenvalue weighted by molar-refractivity contribution is -0.385. The van der Waals surface area contributed by atoms with Crippen LogP contribution in [0.2, 0.25) is 0 Å². The van der Waals surface area contributed by atoms with Crippen molar-refractivity contribution in [2.24, 2.45) is 5.92 Å². The Morgan fingerprint density at radius 3 is 2.68 bits per heavy atom. The molecular weight excluding hydrogens is 289 g/mol. The average molecular weight is 309 g/mol. The smallest absolute Gasteiger partial charge is 0.272 e. The summed E-state index contributed by atoms with van der Waals surface area (Å²) in [6.07, 6.45) is 2.88. The Morgan fingerprint density at radius 1 is 1.45 bits per heavy atom. The number of amides is 1. The van der Waals surface area contributed by atoms with Crippen LogP contribution in [0.3, 0.4) is 0 Å². The van der Waals surface area contributed by atoms with Crippen molar-refractivity contribution in [2.45, 2.75) is 19.3 Å². The van der Waals surface area contributed by atoms with Gasteiger partial charge in [-0.3, -0.25) is 14.9 Å². The monoisotopic (exact) mass is 309 g/mol. The minimum absolute atomic E-state index is 0.0979. The Kier molecular flexibility index (Phi) is 5.43. The number of likely N-dealkylation sites (tertiary alicyclic amines) is 1. The summed E-state index contributed by atoms with van der Waals surface area (Å²) < 4.78 is 13.9. The van der Waals surface area contributed by atoms with Crippen molar-refractivity contribution >= 4 is 11.6 Å². The largest absolute Gasteiger partial charge is 0.339 e. The number of nitro benzene ring substituents is 1. The van der Waals surface area contributed by atoms with Crippen molar-refractivity contribution < 1.29 is 14.1 Å². The molecule has 1 heterocycles. The van der Waals surface area contributed by atoms with Crippen LogP contribution in [0.25, 0.3) is 0 Å². The average Bonchev–Trinajstić information content (AvgIpc) is 2.52. The first kappa shape index (κ1) is 16.4. The molecule has 0 aliphatic carbocycles. The third kappa shape index (κ3) is 3.79. The van der Waals surface area contributed by atoms with Crippen LogP contribution in [-0.2, 0) is 0 Å². The van der Waals surface area contributed by atoms with Gasteiger partial charge in [-0.1, -0.05) is 0 Å². The zero-order valence-electron chi connectivity index (χ0n) is 12.5. The van der Waals surface area contributed by atoms with Crippen LogP contribution in [0.15, 0.2) is 18.2 Å². The number of hydrogen-bond acceptors (Lipinski definition) is 4. The van der Waals surface area contributed by atoms with E-state index in [0.717, 1.165) is 37.9 Å². The zero-order valence-corrected chi connectivity index (χ0v) is 12.5. The predicted molar refractivity (Wildman–Crippen MR) is 80.2 cm³/mol. The van der Waals surface area contributed by atoms with Crippen LogP contribution < -0.4 is 5.32 Å². The van der Waals surface area contributed by atoms with Gasteiger partial charge in [0.05, 0.1) is 16.6 Å². The van der Waals surface area contributed by atoms with Crippen molar-refractivity contribution in [3.8, 4) is 0 Å². The van der Waals surface area contributed by atoms with Gasteiger partial charge < -0.3 is 10.2 Å². The number of benzene rings is 1. The summed E-state index contributed by atoms with van der Waals surface area (Å²) in [6.45, 7) is 2.16. The minimum atomic E-state index is -0.837. The molecule has 22 heavy (non-hydrogen) atoms. The van der Waals surface area contributed by atoms with E-state index in [1.807, 2.05) is 7.05 Å². The van der Waals surface area contributed by atoms with E-state index in [1.54, 1.807) is 4.90 Å². The fourth-order valence-electron chi connectivity index (χ4n) is 2.73. The number of piperidine rings is 1. The maximum absolute atomic E-state index is 13.9. The van der Waals surface area contributed by atoms with Gasteiger partial charge in [-0.05, 0) is 44.8 Å². The van der Waals surface area contributed by atoms with Crippen LogP contribution in [0.4, 0.5) is 10.1 Å². The molecule has 0 unspecified atom stereocenters. The van der Waals surface area contributed by atoms with E-state index in [4.69, 9.17) is 0 Å². The second-order valence-corrected chi connectivity index (χ2v) is 5.55. The molecule has 120 valence electrons. The lowest BCUT2D eigenvalue weighted by atomic mass is 9.93. The van der Waals surface area contributed by atoms with E-state index >= 15 is 0 Å². The Balaban J connectivity index is 1.99. The molecule has 0 atom stereocenters. The highest BCUT2D eigenvalue weighted by Crippen LogP contribution is 2.23. The van der Waals surface area contributed by atoms with Gasteiger partial charge in [0.1, 0.15) is 5.82 Å². The predicted octanol–water partition coefficient (Wildman–Crippen LogP) is 2.20. The van der Waals surface area contributed by atoms with Crippen molar-refractivity contribution in [3.63, 3.8) is 0 Å². The number of carbonyl (C=O) groups is 1. The molecule has 7 heteroatoms. The van der Waals surface area contributed by atoms with Crippen molar-refractivity contribution in [1.82, 2.24) is 10.2 Å². The molecule has 1 aromatic rings. The fourth-order valence-corrected chi connectivity index (χ4v) is 2.73. The third-order valence-corrected chi connectivity index (χ3v) is 4.10. The SMILES string of the molecule is CNCCC1CCN(C(=O)c2ccc([N+](=O)[O-])cc2F)CC1. The fraction of sp³-hybridized carbons (Fsp3) is 0.533. The molecule has 0 aromatic heterocycles. The van der Waals surface area contributed by atoms with Crippen LogP contribution in [0, 0.1) is 21.8 Å². The first-order chi connectivity index (χ1) is 10.5. The first-order valence-corrected chi connectivity index (χ1v) is 7.40. The molecule has 1 amide bonds. The number of halogens is 1. The number of nitrogens with zero attached hydrogens (tertiary/aromatic N) is 2. The van der Waals surface area contributed by atoms with E-state index < -0.39 is 10.7 Å². The number of hydrogen-bond donors (Lipinski definition) is 1. The summed E-state index contributed by atoms with van der Waals surface area (Å²) >= 11 is 0. The van der Waals surface area contributed by atoms with Gasteiger partial charge in [-0.25, -0.2) is 4.39 Å². The van der Waals surface area contributed by atoms with Crippen LogP contribution in [0.1, 0.15) is 29.6 Å². The molecule has 1 aliphatic heterocycles. The normalized spacial score (nSPS) is 15.8. The summed E-state index contributed by atoms with van der Waals surface area (Å²) in [5, 5.41) is 13.7. The summed E-state index contributed by atoms with van der Waals surface area (Å²) in [7, 11) is 1.91. The summed E-state index contributed by atoms with van der Waals surface area (Å²) in [5.74, 6) is -0.644. The summed E-state index contributed by atoms with van der Waals surface area (Å²) in [4.78, 5) is 23.9. The Morgan fingerprint density at radius 2 is 2.14 bits per heavy atom. The molecule has 0 radical (unpaired) electrons. The Bertz CT molecular complexity index is 557. The van der Waals surface area contributed by atoms with E-state index in [1.165, 1.54) is 6.07 Å². The van der Waals surface area contributed by atoms with Gasteiger partial charge >= 0.3 is 0 Å². The van der Waals surface area contributed by atoms with Crippen molar-refractivity contribution in [3.05, 3.63) is 39.7 Å². The maximum atomic E-state index is 13.9. The molecule has 1 aliphatic rings.